The molecular formula is C14H24N4. The van der Waals surface area contributed by atoms with Crippen LogP contribution in [0.3, 0.4) is 0 Å². The minimum absolute atomic E-state index is 0.501. The van der Waals surface area contributed by atoms with Gasteiger partial charge in [-0.1, -0.05) is 6.42 Å². The van der Waals surface area contributed by atoms with Gasteiger partial charge in [-0.3, -0.25) is 0 Å². The van der Waals surface area contributed by atoms with Crippen molar-refractivity contribution in [2.45, 2.75) is 45.1 Å². The second kappa shape index (κ2) is 6.14. The molecule has 1 aliphatic rings. The molecule has 0 spiro atoms. The number of aromatic nitrogens is 2. The van der Waals surface area contributed by atoms with E-state index in [9.17, 15) is 0 Å². The van der Waals surface area contributed by atoms with E-state index < -0.39 is 0 Å². The van der Waals surface area contributed by atoms with Gasteiger partial charge in [0.1, 0.15) is 12.1 Å². The van der Waals surface area contributed by atoms with Crippen molar-refractivity contribution in [2.24, 2.45) is 0 Å². The molecule has 0 aromatic carbocycles. The third-order valence-electron chi connectivity index (χ3n) is 3.82. The van der Waals surface area contributed by atoms with Crippen LogP contribution in [0.2, 0.25) is 0 Å². The Hall–Kier alpha value is -1.16. The summed E-state index contributed by atoms with van der Waals surface area (Å²) < 4.78 is 0. The van der Waals surface area contributed by atoms with Crippen LogP contribution >= 0.6 is 0 Å². The van der Waals surface area contributed by atoms with Crippen LogP contribution in [0, 0.1) is 0 Å². The lowest BCUT2D eigenvalue weighted by Gasteiger charge is -2.21. The molecule has 100 valence electrons. The van der Waals surface area contributed by atoms with Crippen molar-refractivity contribution in [3.05, 3.63) is 17.6 Å². The van der Waals surface area contributed by atoms with Gasteiger partial charge in [0.05, 0.1) is 0 Å². The summed E-state index contributed by atoms with van der Waals surface area (Å²) in [5.41, 5.74) is 2.60. The van der Waals surface area contributed by atoms with Crippen LogP contribution in [0.1, 0.15) is 37.4 Å². The molecule has 1 aromatic rings. The molecule has 1 unspecified atom stereocenters. The third-order valence-corrected chi connectivity index (χ3v) is 3.82. The average Bonchev–Trinajstić information content (AvgIpc) is 2.61. The molecule has 1 heterocycles. The van der Waals surface area contributed by atoms with E-state index >= 15 is 0 Å². The summed E-state index contributed by atoms with van der Waals surface area (Å²) in [4.78, 5) is 11.1. The van der Waals surface area contributed by atoms with Gasteiger partial charge in [0, 0.05) is 23.8 Å². The Morgan fingerprint density at radius 1 is 1.22 bits per heavy atom. The summed E-state index contributed by atoms with van der Waals surface area (Å²) in [5, 5.41) is 3.49. The number of hydrogen-bond donors (Lipinski definition) is 1. The van der Waals surface area contributed by atoms with E-state index in [0.717, 1.165) is 25.2 Å². The first-order chi connectivity index (χ1) is 8.68. The molecule has 1 aliphatic carbocycles. The number of likely N-dealkylation sites (N-methyl/N-ethyl adjacent to an activating group) is 1. The minimum Gasteiger partial charge on any atom is -0.368 e. The molecule has 4 nitrogen and oxygen atoms in total. The van der Waals surface area contributed by atoms with Crippen molar-refractivity contribution in [1.29, 1.82) is 0 Å². The van der Waals surface area contributed by atoms with Gasteiger partial charge in [0.25, 0.3) is 0 Å². The molecule has 1 aromatic heterocycles. The highest BCUT2D eigenvalue weighted by molar-refractivity contribution is 5.46. The van der Waals surface area contributed by atoms with Crippen molar-refractivity contribution < 1.29 is 0 Å². The van der Waals surface area contributed by atoms with Crippen LogP contribution in [-0.2, 0) is 12.8 Å². The van der Waals surface area contributed by atoms with E-state index in [4.69, 9.17) is 0 Å². The fourth-order valence-electron chi connectivity index (χ4n) is 2.28. The van der Waals surface area contributed by atoms with Gasteiger partial charge in [0.15, 0.2) is 0 Å². The second-order valence-corrected chi connectivity index (χ2v) is 5.40. The summed E-state index contributed by atoms with van der Waals surface area (Å²) in [6.45, 7) is 3.14. The molecule has 0 bridgehead atoms. The second-order valence-electron chi connectivity index (χ2n) is 5.40. The highest BCUT2D eigenvalue weighted by Gasteiger charge is 2.14. The number of nitrogens with one attached hydrogen (secondary N) is 1. The highest BCUT2D eigenvalue weighted by atomic mass is 15.1. The van der Waals surface area contributed by atoms with Gasteiger partial charge in [-0.05, 0) is 46.7 Å². The van der Waals surface area contributed by atoms with Crippen LogP contribution in [0.4, 0.5) is 5.82 Å². The third kappa shape index (κ3) is 3.19. The fourth-order valence-corrected chi connectivity index (χ4v) is 2.28. The van der Waals surface area contributed by atoms with E-state index in [1.54, 1.807) is 6.33 Å². The molecule has 1 atom stereocenters. The summed E-state index contributed by atoms with van der Waals surface area (Å²) in [6.07, 6.45) is 7.76. The van der Waals surface area contributed by atoms with Crippen molar-refractivity contribution in [1.82, 2.24) is 14.9 Å². The average molecular weight is 248 g/mol. The zero-order chi connectivity index (χ0) is 13.0. The zero-order valence-corrected chi connectivity index (χ0v) is 11.7. The Morgan fingerprint density at radius 2 is 2.00 bits per heavy atom. The van der Waals surface area contributed by atoms with Gasteiger partial charge >= 0.3 is 0 Å². The first kappa shape index (κ1) is 13.3. The predicted octanol–water partition coefficient (Wildman–Crippen LogP) is 2.11. The predicted molar refractivity (Wildman–Crippen MR) is 74.9 cm³/mol. The van der Waals surface area contributed by atoms with Crippen LogP contribution in [0.5, 0.6) is 0 Å². The highest BCUT2D eigenvalue weighted by Crippen LogP contribution is 2.23. The van der Waals surface area contributed by atoms with E-state index in [-0.39, 0.29) is 0 Å². The van der Waals surface area contributed by atoms with Crippen molar-refractivity contribution >= 4 is 5.82 Å². The van der Waals surface area contributed by atoms with E-state index in [0.29, 0.717) is 6.04 Å². The Labute approximate surface area is 110 Å². The molecule has 0 saturated carbocycles. The van der Waals surface area contributed by atoms with Gasteiger partial charge < -0.3 is 10.2 Å². The van der Waals surface area contributed by atoms with Crippen molar-refractivity contribution in [3.63, 3.8) is 0 Å². The summed E-state index contributed by atoms with van der Waals surface area (Å²) in [7, 11) is 4.21. The SMILES string of the molecule is CC(CNc1ncnc2c1CCCCC2)N(C)C. The molecule has 2 rings (SSSR count). The molecule has 4 heteroatoms. The Balaban J connectivity index is 2.08. The molecule has 0 amide bonds. The maximum absolute atomic E-state index is 4.44. The van der Waals surface area contributed by atoms with Crippen molar-refractivity contribution in [3.8, 4) is 0 Å². The normalized spacial score (nSPS) is 17.1. The van der Waals surface area contributed by atoms with E-state index in [2.05, 4.69) is 41.2 Å². The number of rotatable bonds is 4. The van der Waals surface area contributed by atoms with Crippen LogP contribution in [0.25, 0.3) is 0 Å². The number of fused-ring (bicyclic) bond motifs is 1. The minimum atomic E-state index is 0.501. The molecule has 18 heavy (non-hydrogen) atoms. The quantitative estimate of drug-likeness (QED) is 0.829. The number of hydrogen-bond acceptors (Lipinski definition) is 4. The first-order valence-electron chi connectivity index (χ1n) is 6.91. The monoisotopic (exact) mass is 248 g/mol. The van der Waals surface area contributed by atoms with Gasteiger partial charge in [-0.2, -0.15) is 0 Å². The topological polar surface area (TPSA) is 41.1 Å². The van der Waals surface area contributed by atoms with Crippen LogP contribution < -0.4 is 5.32 Å². The Bertz CT molecular complexity index is 389. The fraction of sp³-hybridized carbons (Fsp3) is 0.714. The van der Waals surface area contributed by atoms with Crippen LogP contribution in [0.15, 0.2) is 6.33 Å². The maximum Gasteiger partial charge on any atom is 0.132 e. The summed E-state index contributed by atoms with van der Waals surface area (Å²) in [5.74, 6) is 1.05. The molecule has 1 N–H and O–H groups in total. The molecule has 0 aliphatic heterocycles. The number of anilines is 1. The molecule has 0 radical (unpaired) electrons. The summed E-state index contributed by atoms with van der Waals surface area (Å²) >= 11 is 0. The summed E-state index contributed by atoms with van der Waals surface area (Å²) in [6, 6.07) is 0.501. The first-order valence-corrected chi connectivity index (χ1v) is 6.91. The molecular weight excluding hydrogens is 224 g/mol. The van der Waals surface area contributed by atoms with Gasteiger partial charge in [-0.15, -0.1) is 0 Å². The van der Waals surface area contributed by atoms with Gasteiger partial charge in [0.2, 0.25) is 0 Å². The Kier molecular flexibility index (Phi) is 4.53. The number of aryl methyl sites for hydroxylation is 1. The molecule has 0 saturated heterocycles. The number of nitrogens with zero attached hydrogens (tertiary/aromatic N) is 3. The van der Waals surface area contributed by atoms with E-state index in [1.807, 2.05) is 0 Å². The van der Waals surface area contributed by atoms with E-state index in [1.165, 1.54) is 30.5 Å². The Morgan fingerprint density at radius 3 is 2.78 bits per heavy atom. The standard InChI is InChI=1S/C14H24N4/c1-11(18(2)3)9-15-14-12-7-5-4-6-8-13(12)16-10-17-14/h10-11H,4-9H2,1-3H3,(H,15,16,17). The molecule has 0 fully saturated rings. The maximum atomic E-state index is 4.44. The van der Waals surface area contributed by atoms with Crippen molar-refractivity contribution in [2.75, 3.05) is 26.0 Å². The lowest BCUT2D eigenvalue weighted by Crippen LogP contribution is -2.32. The van der Waals surface area contributed by atoms with Crippen LogP contribution in [-0.4, -0.2) is 41.5 Å². The smallest absolute Gasteiger partial charge is 0.132 e. The lowest BCUT2D eigenvalue weighted by atomic mass is 10.1. The zero-order valence-electron chi connectivity index (χ0n) is 11.7. The largest absolute Gasteiger partial charge is 0.368 e. The lowest BCUT2D eigenvalue weighted by molar-refractivity contribution is 0.326. The van der Waals surface area contributed by atoms with Gasteiger partial charge in [-0.25, -0.2) is 9.97 Å².